The molecule has 1 heterocycles. The van der Waals surface area contributed by atoms with Crippen molar-refractivity contribution in [1.82, 2.24) is 5.32 Å². The monoisotopic (exact) mass is 352 g/mol. The molecule has 0 bridgehead atoms. The summed E-state index contributed by atoms with van der Waals surface area (Å²) >= 11 is 0. The first-order valence-corrected chi connectivity index (χ1v) is 7.32. The molecule has 0 radical (unpaired) electrons. The average Bonchev–Trinajstić information content (AvgIpc) is 2.52. The molecular weight excluding hydrogens is 336 g/mol. The minimum absolute atomic E-state index is 0.0764. The van der Waals surface area contributed by atoms with E-state index in [0.717, 1.165) is 0 Å². The van der Waals surface area contributed by atoms with Gasteiger partial charge in [0.1, 0.15) is 18.6 Å². The fourth-order valence-corrected chi connectivity index (χ4v) is 2.22. The van der Waals surface area contributed by atoms with Gasteiger partial charge in [0.05, 0.1) is 4.92 Å². The van der Waals surface area contributed by atoms with Crippen LogP contribution in [0.25, 0.3) is 0 Å². The van der Waals surface area contributed by atoms with Gasteiger partial charge in [-0.2, -0.15) is 0 Å². The number of ether oxygens (including phenoxy) is 3. The molecule has 134 valence electrons. The smallest absolute Gasteiger partial charge is 0.441 e. The summed E-state index contributed by atoms with van der Waals surface area (Å²) in [5.41, 5.74) is 0.460. The second-order valence-corrected chi connectivity index (χ2v) is 5.35. The molecule has 3 atom stereocenters. The number of β-lactam (4-membered cyclic amide) rings is 1. The molecule has 0 aromatic heterocycles. The first-order chi connectivity index (χ1) is 11.8. The molecule has 10 heteroatoms. The number of rotatable bonds is 6. The van der Waals surface area contributed by atoms with Crippen LogP contribution < -0.4 is 5.32 Å². The summed E-state index contributed by atoms with van der Waals surface area (Å²) in [5.74, 6) is -1.78. The van der Waals surface area contributed by atoms with Crippen molar-refractivity contribution in [2.75, 3.05) is 0 Å². The molecule has 1 aliphatic rings. The van der Waals surface area contributed by atoms with Crippen molar-refractivity contribution in [2.24, 2.45) is 5.92 Å². The molecule has 1 aliphatic heterocycles. The predicted octanol–water partition coefficient (Wildman–Crippen LogP) is 1.27. The van der Waals surface area contributed by atoms with Crippen LogP contribution in [-0.4, -0.2) is 35.3 Å². The van der Waals surface area contributed by atoms with Gasteiger partial charge in [-0.15, -0.1) is 0 Å². The number of carbonyl (C=O) groups excluding carboxylic acids is 3. The molecule has 1 aromatic rings. The van der Waals surface area contributed by atoms with E-state index < -0.39 is 41.2 Å². The lowest BCUT2D eigenvalue weighted by Crippen LogP contribution is -2.63. The molecule has 10 nitrogen and oxygen atoms in total. The van der Waals surface area contributed by atoms with Gasteiger partial charge in [0.15, 0.2) is 6.23 Å². The van der Waals surface area contributed by atoms with Crippen molar-refractivity contribution in [3.8, 4) is 0 Å². The highest BCUT2D eigenvalue weighted by atomic mass is 16.7. The molecule has 1 amide bonds. The highest BCUT2D eigenvalue weighted by Gasteiger charge is 2.47. The van der Waals surface area contributed by atoms with Gasteiger partial charge in [-0.25, -0.2) is 4.79 Å². The normalized spacial score (nSPS) is 19.8. The summed E-state index contributed by atoms with van der Waals surface area (Å²) in [6.07, 6.45) is -2.71. The number of hydrogen-bond donors (Lipinski definition) is 1. The summed E-state index contributed by atoms with van der Waals surface area (Å²) in [7, 11) is 0. The Kier molecular flexibility index (Phi) is 5.52. The highest BCUT2D eigenvalue weighted by Crippen LogP contribution is 2.23. The van der Waals surface area contributed by atoms with Crippen molar-refractivity contribution in [1.29, 1.82) is 0 Å². The van der Waals surface area contributed by atoms with Crippen LogP contribution in [0.4, 0.5) is 10.5 Å². The summed E-state index contributed by atoms with van der Waals surface area (Å²) in [6.45, 7) is 2.53. The number of hydrogen-bond acceptors (Lipinski definition) is 8. The number of benzene rings is 1. The molecule has 1 aromatic carbocycles. The van der Waals surface area contributed by atoms with Crippen LogP contribution in [0.5, 0.6) is 0 Å². The van der Waals surface area contributed by atoms with Gasteiger partial charge in [0, 0.05) is 19.1 Å². The first-order valence-electron chi connectivity index (χ1n) is 7.32. The number of nitro groups is 1. The van der Waals surface area contributed by atoms with Crippen molar-refractivity contribution in [3.05, 3.63) is 39.9 Å². The molecular formula is C15H16N2O8. The quantitative estimate of drug-likeness (QED) is 0.350. The Labute approximate surface area is 142 Å². The Balaban J connectivity index is 1.82. The van der Waals surface area contributed by atoms with Crippen molar-refractivity contribution in [3.63, 3.8) is 0 Å². The third kappa shape index (κ3) is 4.66. The number of nitrogens with one attached hydrogen (secondary N) is 1. The second kappa shape index (κ2) is 7.60. The SMILES string of the molecule is CC(=O)OC1NC(=O)C1[C@@H](C)OC(=O)OCc1ccc([N+](=O)[O-])cc1. The van der Waals surface area contributed by atoms with E-state index in [9.17, 15) is 24.5 Å². The van der Waals surface area contributed by atoms with Crippen molar-refractivity contribution >= 4 is 23.7 Å². The van der Waals surface area contributed by atoms with Crippen molar-refractivity contribution < 1.29 is 33.5 Å². The van der Waals surface area contributed by atoms with E-state index in [4.69, 9.17) is 14.2 Å². The molecule has 0 aliphatic carbocycles. The minimum atomic E-state index is -1.01. The van der Waals surface area contributed by atoms with Gasteiger partial charge in [-0.3, -0.25) is 19.7 Å². The molecule has 0 saturated carbocycles. The molecule has 25 heavy (non-hydrogen) atoms. The molecule has 1 N–H and O–H groups in total. The molecule has 2 rings (SSSR count). The minimum Gasteiger partial charge on any atom is -0.441 e. The summed E-state index contributed by atoms with van der Waals surface area (Å²) in [4.78, 5) is 44.1. The largest absolute Gasteiger partial charge is 0.508 e. The average molecular weight is 352 g/mol. The number of amides is 1. The van der Waals surface area contributed by atoms with Gasteiger partial charge in [0.25, 0.3) is 5.69 Å². The van der Waals surface area contributed by atoms with Gasteiger partial charge >= 0.3 is 12.1 Å². The fourth-order valence-electron chi connectivity index (χ4n) is 2.22. The number of esters is 1. The third-order valence-electron chi connectivity index (χ3n) is 3.50. The Morgan fingerprint density at radius 1 is 1.32 bits per heavy atom. The van der Waals surface area contributed by atoms with E-state index >= 15 is 0 Å². The maximum Gasteiger partial charge on any atom is 0.508 e. The van der Waals surface area contributed by atoms with E-state index in [2.05, 4.69) is 5.32 Å². The summed E-state index contributed by atoms with van der Waals surface area (Å²) in [6, 6.07) is 5.47. The number of carbonyl (C=O) groups is 3. The lowest BCUT2D eigenvalue weighted by atomic mass is 9.93. The lowest BCUT2D eigenvalue weighted by Gasteiger charge is -2.38. The van der Waals surface area contributed by atoms with Crippen LogP contribution in [0.3, 0.4) is 0 Å². The zero-order chi connectivity index (χ0) is 18.6. The topological polar surface area (TPSA) is 134 Å². The van der Waals surface area contributed by atoms with E-state index in [1.807, 2.05) is 0 Å². The van der Waals surface area contributed by atoms with E-state index in [-0.39, 0.29) is 12.3 Å². The van der Waals surface area contributed by atoms with Gasteiger partial charge < -0.3 is 19.5 Å². The Hall–Kier alpha value is -3.17. The highest BCUT2D eigenvalue weighted by molar-refractivity contribution is 5.87. The maximum absolute atomic E-state index is 11.7. The Morgan fingerprint density at radius 2 is 1.96 bits per heavy atom. The lowest BCUT2D eigenvalue weighted by molar-refractivity contribution is -0.384. The van der Waals surface area contributed by atoms with Crippen molar-refractivity contribution in [2.45, 2.75) is 32.8 Å². The van der Waals surface area contributed by atoms with Gasteiger partial charge in [-0.1, -0.05) is 0 Å². The molecule has 1 fully saturated rings. The fraction of sp³-hybridized carbons (Fsp3) is 0.400. The van der Waals surface area contributed by atoms with Crippen LogP contribution >= 0.6 is 0 Å². The van der Waals surface area contributed by atoms with E-state index in [1.165, 1.54) is 38.1 Å². The number of non-ortho nitro benzene ring substituents is 1. The Bertz CT molecular complexity index is 687. The molecule has 1 saturated heterocycles. The maximum atomic E-state index is 11.7. The number of nitro benzene ring substituents is 1. The summed E-state index contributed by atoms with van der Waals surface area (Å²) < 4.78 is 14.8. The van der Waals surface area contributed by atoms with E-state index in [0.29, 0.717) is 5.56 Å². The van der Waals surface area contributed by atoms with Gasteiger partial charge in [0.2, 0.25) is 5.91 Å². The van der Waals surface area contributed by atoms with Crippen LogP contribution in [0.15, 0.2) is 24.3 Å². The number of nitrogens with zero attached hydrogens (tertiary/aromatic N) is 1. The predicted molar refractivity (Wildman–Crippen MR) is 81.0 cm³/mol. The Morgan fingerprint density at radius 3 is 2.48 bits per heavy atom. The standard InChI is InChI=1S/C15H16N2O8/c1-8(12-13(19)16-14(12)25-9(2)18)24-15(20)23-7-10-3-5-11(6-4-10)17(21)22/h3-6,8,12,14H,7H2,1-2H3,(H,16,19)/t8-,12?,14?/m1/s1. The zero-order valence-corrected chi connectivity index (χ0v) is 13.5. The third-order valence-corrected chi connectivity index (χ3v) is 3.50. The molecule has 2 unspecified atom stereocenters. The van der Waals surface area contributed by atoms with Crippen LogP contribution in [0.2, 0.25) is 0 Å². The van der Waals surface area contributed by atoms with Crippen LogP contribution in [0, 0.1) is 16.0 Å². The van der Waals surface area contributed by atoms with E-state index in [1.54, 1.807) is 0 Å². The summed E-state index contributed by atoms with van der Waals surface area (Å²) in [5, 5.41) is 12.9. The zero-order valence-electron chi connectivity index (χ0n) is 13.5. The van der Waals surface area contributed by atoms with Crippen LogP contribution in [-0.2, 0) is 30.4 Å². The van der Waals surface area contributed by atoms with Gasteiger partial charge in [-0.05, 0) is 24.6 Å². The van der Waals surface area contributed by atoms with Crippen LogP contribution in [0.1, 0.15) is 19.4 Å². The first kappa shape index (κ1) is 18.2. The second-order valence-electron chi connectivity index (χ2n) is 5.35. The molecule has 0 spiro atoms.